The van der Waals surface area contributed by atoms with Crippen molar-refractivity contribution in [3.05, 3.63) is 28.6 Å². The normalized spacial score (nSPS) is 14.2. The zero-order valence-electron chi connectivity index (χ0n) is 12.5. The summed E-state index contributed by atoms with van der Waals surface area (Å²) in [4.78, 5) is 10.2. The van der Waals surface area contributed by atoms with Crippen LogP contribution >= 0.6 is 22.9 Å². The number of hydrogen-bond acceptors (Lipinski definition) is 6. The number of benzene rings is 1. The molecule has 1 aliphatic carbocycles. The topological polar surface area (TPSA) is 73.1 Å². The Labute approximate surface area is 142 Å². The third-order valence-corrected chi connectivity index (χ3v) is 5.00. The number of fused-ring (bicyclic) bond motifs is 1. The fourth-order valence-electron chi connectivity index (χ4n) is 2.45. The molecule has 0 saturated heterocycles. The summed E-state index contributed by atoms with van der Waals surface area (Å²) in [5, 5.41) is 6.69. The van der Waals surface area contributed by atoms with Crippen molar-refractivity contribution in [3.63, 3.8) is 0 Å². The number of anilines is 2. The van der Waals surface area contributed by atoms with Gasteiger partial charge >= 0.3 is 0 Å². The van der Waals surface area contributed by atoms with Crippen molar-refractivity contribution in [1.82, 2.24) is 9.97 Å². The Bertz CT molecular complexity index is 891. The van der Waals surface area contributed by atoms with E-state index in [0.717, 1.165) is 34.3 Å². The Morgan fingerprint density at radius 1 is 1.35 bits per heavy atom. The summed E-state index contributed by atoms with van der Waals surface area (Å²) in [5.41, 5.74) is 8.52. The Kier molecular flexibility index (Phi) is 3.50. The van der Waals surface area contributed by atoms with Crippen LogP contribution in [0, 0.1) is 0 Å². The molecule has 0 unspecified atom stereocenters. The third kappa shape index (κ3) is 2.68. The molecule has 0 spiro atoms. The highest BCUT2D eigenvalue weighted by Gasteiger charge is 2.23. The predicted octanol–water partition coefficient (Wildman–Crippen LogP) is 4.18. The van der Waals surface area contributed by atoms with Gasteiger partial charge in [-0.2, -0.15) is 0 Å². The van der Waals surface area contributed by atoms with Gasteiger partial charge in [0.2, 0.25) is 5.95 Å². The average Bonchev–Trinajstić information content (AvgIpc) is 3.29. The number of ether oxygens (including phenoxy) is 1. The minimum atomic E-state index is 0.484. The summed E-state index contributed by atoms with van der Waals surface area (Å²) in [5.74, 6) is 1.26. The number of thiophene rings is 1. The van der Waals surface area contributed by atoms with Gasteiger partial charge in [0.25, 0.3) is 0 Å². The van der Waals surface area contributed by atoms with E-state index in [2.05, 4.69) is 10.3 Å². The zero-order chi connectivity index (χ0) is 16.0. The van der Waals surface area contributed by atoms with Gasteiger partial charge in [0.1, 0.15) is 10.6 Å². The second kappa shape index (κ2) is 5.54. The highest BCUT2D eigenvalue weighted by molar-refractivity contribution is 7.17. The number of aromatic nitrogens is 2. The van der Waals surface area contributed by atoms with Crippen LogP contribution in [0.25, 0.3) is 21.5 Å². The molecule has 23 heavy (non-hydrogen) atoms. The predicted molar refractivity (Wildman–Crippen MR) is 95.5 cm³/mol. The van der Waals surface area contributed by atoms with E-state index < -0.39 is 0 Å². The van der Waals surface area contributed by atoms with Crippen molar-refractivity contribution >= 4 is 44.8 Å². The van der Waals surface area contributed by atoms with Crippen LogP contribution < -0.4 is 15.8 Å². The van der Waals surface area contributed by atoms with Crippen molar-refractivity contribution < 1.29 is 4.74 Å². The second-order valence-corrected chi connectivity index (χ2v) is 6.80. The number of methoxy groups -OCH3 is 1. The van der Waals surface area contributed by atoms with Gasteiger partial charge in [0, 0.05) is 17.0 Å². The van der Waals surface area contributed by atoms with Crippen molar-refractivity contribution in [1.29, 1.82) is 0 Å². The van der Waals surface area contributed by atoms with Crippen LogP contribution in [0.4, 0.5) is 11.6 Å². The minimum absolute atomic E-state index is 0.484. The van der Waals surface area contributed by atoms with Gasteiger partial charge in [-0.15, -0.1) is 11.3 Å². The fourth-order valence-corrected chi connectivity index (χ4v) is 3.48. The van der Waals surface area contributed by atoms with Crippen LogP contribution in [0.15, 0.2) is 23.6 Å². The number of hydrogen-bond donors (Lipinski definition) is 2. The molecule has 2 aromatic heterocycles. The van der Waals surface area contributed by atoms with E-state index in [1.54, 1.807) is 13.2 Å². The van der Waals surface area contributed by atoms with Gasteiger partial charge in [-0.1, -0.05) is 17.7 Å². The number of rotatable bonds is 4. The molecule has 1 aromatic carbocycles. The quantitative estimate of drug-likeness (QED) is 0.741. The molecule has 3 N–H and O–H groups in total. The molecule has 0 amide bonds. The lowest BCUT2D eigenvalue weighted by Crippen LogP contribution is -2.06. The summed E-state index contributed by atoms with van der Waals surface area (Å²) in [6.07, 6.45) is 2.33. The third-order valence-electron chi connectivity index (χ3n) is 3.80. The molecule has 0 bridgehead atoms. The Morgan fingerprint density at radius 3 is 2.91 bits per heavy atom. The molecule has 1 saturated carbocycles. The molecule has 1 fully saturated rings. The Hall–Kier alpha value is -2.05. The smallest absolute Gasteiger partial charge is 0.224 e. The van der Waals surface area contributed by atoms with Crippen LogP contribution in [0.3, 0.4) is 0 Å². The lowest BCUT2D eigenvalue weighted by molar-refractivity contribution is 0.415. The Balaban J connectivity index is 1.90. The van der Waals surface area contributed by atoms with E-state index >= 15 is 0 Å². The molecule has 1 aliphatic rings. The maximum atomic E-state index is 6.13. The lowest BCUT2D eigenvalue weighted by Gasteiger charge is -2.10. The number of nitrogens with one attached hydrogen (secondary N) is 1. The summed E-state index contributed by atoms with van der Waals surface area (Å²) in [6, 6.07) is 6.09. The number of nitrogens with two attached hydrogens (primary N) is 1. The van der Waals surface area contributed by atoms with Crippen LogP contribution in [-0.4, -0.2) is 23.1 Å². The van der Waals surface area contributed by atoms with Crippen molar-refractivity contribution in [2.24, 2.45) is 0 Å². The van der Waals surface area contributed by atoms with Crippen LogP contribution in [0.5, 0.6) is 5.75 Å². The molecular weight excluding hydrogens is 332 g/mol. The summed E-state index contributed by atoms with van der Waals surface area (Å²) in [6.45, 7) is 0. The van der Waals surface area contributed by atoms with Crippen molar-refractivity contribution in [3.8, 4) is 17.0 Å². The average molecular weight is 347 g/mol. The van der Waals surface area contributed by atoms with Gasteiger partial charge in [-0.25, -0.2) is 9.97 Å². The maximum Gasteiger partial charge on any atom is 0.224 e. The highest BCUT2D eigenvalue weighted by Crippen LogP contribution is 2.38. The van der Waals surface area contributed by atoms with Crippen molar-refractivity contribution in [2.45, 2.75) is 18.9 Å². The molecule has 0 atom stereocenters. The van der Waals surface area contributed by atoms with E-state index in [0.29, 0.717) is 28.4 Å². The molecule has 7 heteroatoms. The summed E-state index contributed by atoms with van der Waals surface area (Å²) in [7, 11) is 1.60. The standard InChI is InChI=1S/C16H15ClN4OS/c1-22-12-6-8(2-5-10(12)17)14-13-11(18)7-23-15(13)21-16(20-14)19-9-3-4-9/h2,5-7,9H,3-4,18H2,1H3,(H,19,20,21). The Morgan fingerprint density at radius 2 is 2.17 bits per heavy atom. The lowest BCUT2D eigenvalue weighted by atomic mass is 10.1. The van der Waals surface area contributed by atoms with Crippen LogP contribution in [0.2, 0.25) is 5.02 Å². The molecule has 2 heterocycles. The number of nitrogens with zero attached hydrogens (tertiary/aromatic N) is 2. The second-order valence-electron chi connectivity index (χ2n) is 5.53. The van der Waals surface area contributed by atoms with Crippen molar-refractivity contribution in [2.75, 3.05) is 18.2 Å². The van der Waals surface area contributed by atoms with E-state index in [-0.39, 0.29) is 0 Å². The van der Waals surface area contributed by atoms with Gasteiger partial charge in [0.05, 0.1) is 28.9 Å². The molecule has 118 valence electrons. The first-order valence-electron chi connectivity index (χ1n) is 7.31. The van der Waals surface area contributed by atoms with E-state index in [9.17, 15) is 0 Å². The number of halogens is 1. The van der Waals surface area contributed by atoms with Crippen LogP contribution in [-0.2, 0) is 0 Å². The van der Waals surface area contributed by atoms with E-state index in [1.165, 1.54) is 11.3 Å². The summed E-state index contributed by atoms with van der Waals surface area (Å²) >= 11 is 7.65. The molecule has 3 aromatic rings. The minimum Gasteiger partial charge on any atom is -0.495 e. The van der Waals surface area contributed by atoms with E-state index in [4.69, 9.17) is 27.1 Å². The highest BCUT2D eigenvalue weighted by atomic mass is 35.5. The van der Waals surface area contributed by atoms with E-state index in [1.807, 2.05) is 17.5 Å². The first-order valence-corrected chi connectivity index (χ1v) is 8.56. The maximum absolute atomic E-state index is 6.13. The monoisotopic (exact) mass is 346 g/mol. The zero-order valence-corrected chi connectivity index (χ0v) is 14.0. The largest absolute Gasteiger partial charge is 0.495 e. The molecule has 0 aliphatic heterocycles. The molecule has 5 nitrogen and oxygen atoms in total. The van der Waals surface area contributed by atoms with Gasteiger partial charge in [-0.3, -0.25) is 0 Å². The van der Waals surface area contributed by atoms with Gasteiger partial charge in [-0.05, 0) is 25.0 Å². The fraction of sp³-hybridized carbons (Fsp3) is 0.250. The molecule has 4 rings (SSSR count). The molecular formula is C16H15ClN4OS. The first kappa shape index (κ1) is 14.5. The first-order chi connectivity index (χ1) is 11.2. The number of nitrogen functional groups attached to an aromatic ring is 1. The van der Waals surface area contributed by atoms with Gasteiger partial charge < -0.3 is 15.8 Å². The van der Waals surface area contributed by atoms with Gasteiger partial charge in [0.15, 0.2) is 0 Å². The summed E-state index contributed by atoms with van der Waals surface area (Å²) < 4.78 is 5.32. The SMILES string of the molecule is COc1cc(-c2nc(NC3CC3)nc3scc(N)c23)ccc1Cl. The molecule has 0 radical (unpaired) electrons. The van der Waals surface area contributed by atoms with Crippen LogP contribution in [0.1, 0.15) is 12.8 Å².